The fourth-order valence-corrected chi connectivity index (χ4v) is 3.19. The molecule has 2 aromatic carbocycles. The fraction of sp³-hybridized carbons (Fsp3) is 0.118. The minimum Gasteiger partial charge on any atom is -0.348 e. The van der Waals surface area contributed by atoms with Gasteiger partial charge in [-0.1, -0.05) is 42.5 Å². The first kappa shape index (κ1) is 16.5. The van der Waals surface area contributed by atoms with Gasteiger partial charge in [-0.25, -0.2) is 4.99 Å². The maximum Gasteiger partial charge on any atom is 0.287 e. The zero-order valence-electron chi connectivity index (χ0n) is 12.5. The van der Waals surface area contributed by atoms with E-state index in [1.807, 2.05) is 42.5 Å². The number of amidine groups is 1. The number of rotatable bonds is 5. The highest BCUT2D eigenvalue weighted by molar-refractivity contribution is 7.98. The fourth-order valence-electron chi connectivity index (χ4n) is 2.27. The van der Waals surface area contributed by atoms with Crippen molar-refractivity contribution >= 4 is 46.2 Å². The van der Waals surface area contributed by atoms with E-state index in [4.69, 9.17) is 11.6 Å². The van der Waals surface area contributed by atoms with Crippen LogP contribution in [0.3, 0.4) is 0 Å². The van der Waals surface area contributed by atoms with Crippen LogP contribution in [0.25, 0.3) is 0 Å². The van der Waals surface area contributed by atoms with Crippen molar-refractivity contribution in [1.82, 2.24) is 10.0 Å². The first-order chi connectivity index (χ1) is 11.6. The highest BCUT2D eigenvalue weighted by atomic mass is 35.5. The number of nitrogens with one attached hydrogen (secondary N) is 2. The summed E-state index contributed by atoms with van der Waals surface area (Å²) in [5, 5.41) is 2.20. The zero-order valence-corrected chi connectivity index (χ0v) is 14.1. The Kier molecular flexibility index (Phi) is 5.17. The standard InChI is InChI=1S/C17H14ClN3O2S/c18-15(22)12(11-6-2-1-3-7-11)10-19-17(23)16-20-13-8-4-5-9-14(13)24-21-16/h1-9,12H,10H2,(H,19,23)(H,20,21). The molecule has 0 aromatic heterocycles. The van der Waals surface area contributed by atoms with Crippen molar-refractivity contribution in [2.75, 3.05) is 6.54 Å². The van der Waals surface area contributed by atoms with Crippen LogP contribution in [0.4, 0.5) is 5.69 Å². The molecule has 1 atom stereocenters. The SMILES string of the molecule is O=C(NCC(C(=O)Cl)c1ccccc1)C1=Nc2ccccc2SN1. The molecule has 0 saturated heterocycles. The van der Waals surface area contributed by atoms with Crippen LogP contribution in [0.5, 0.6) is 0 Å². The molecule has 3 rings (SSSR count). The number of halogens is 1. The van der Waals surface area contributed by atoms with Crippen molar-refractivity contribution in [1.29, 1.82) is 0 Å². The molecule has 122 valence electrons. The van der Waals surface area contributed by atoms with Gasteiger partial charge < -0.3 is 10.0 Å². The summed E-state index contributed by atoms with van der Waals surface area (Å²) in [7, 11) is 0. The normalized spacial score (nSPS) is 14.0. The molecular weight excluding hydrogens is 346 g/mol. The summed E-state index contributed by atoms with van der Waals surface area (Å²) in [5.41, 5.74) is 1.50. The largest absolute Gasteiger partial charge is 0.348 e. The molecule has 1 heterocycles. The molecule has 1 aliphatic rings. The van der Waals surface area contributed by atoms with Crippen LogP contribution in [-0.2, 0) is 9.59 Å². The first-order valence-corrected chi connectivity index (χ1v) is 8.47. The third-order valence-corrected chi connectivity index (χ3v) is 4.64. The quantitative estimate of drug-likeness (QED) is 0.636. The second-order valence-electron chi connectivity index (χ2n) is 5.11. The molecule has 0 aliphatic carbocycles. The van der Waals surface area contributed by atoms with E-state index in [-0.39, 0.29) is 18.3 Å². The molecule has 24 heavy (non-hydrogen) atoms. The number of benzene rings is 2. The summed E-state index contributed by atoms with van der Waals surface area (Å²) in [4.78, 5) is 29.2. The summed E-state index contributed by atoms with van der Waals surface area (Å²) in [6, 6.07) is 16.6. The Hall–Kier alpha value is -2.31. The average Bonchev–Trinajstić information content (AvgIpc) is 2.62. The van der Waals surface area contributed by atoms with E-state index in [1.54, 1.807) is 12.1 Å². The van der Waals surface area contributed by atoms with Crippen molar-refractivity contribution in [2.45, 2.75) is 10.8 Å². The minimum absolute atomic E-state index is 0.109. The van der Waals surface area contributed by atoms with Crippen molar-refractivity contribution in [3.8, 4) is 0 Å². The highest BCUT2D eigenvalue weighted by Gasteiger charge is 2.22. The molecule has 2 N–H and O–H groups in total. The molecule has 2 aromatic rings. The van der Waals surface area contributed by atoms with E-state index in [0.717, 1.165) is 16.1 Å². The second-order valence-corrected chi connectivity index (χ2v) is 6.33. The number of aliphatic imine (C=N–C) groups is 1. The van der Waals surface area contributed by atoms with Gasteiger partial charge in [-0.15, -0.1) is 0 Å². The summed E-state index contributed by atoms with van der Waals surface area (Å²) in [6.07, 6.45) is 0. The molecule has 0 bridgehead atoms. The Morgan fingerprint density at radius 2 is 1.83 bits per heavy atom. The molecular formula is C17H14ClN3O2S. The van der Waals surface area contributed by atoms with Gasteiger partial charge in [-0.05, 0) is 41.2 Å². The van der Waals surface area contributed by atoms with Crippen LogP contribution in [-0.4, -0.2) is 23.5 Å². The molecule has 0 spiro atoms. The predicted octanol–water partition coefficient (Wildman–Crippen LogP) is 2.99. The lowest BCUT2D eigenvalue weighted by molar-refractivity contribution is -0.115. The number of carbonyl (C=O) groups is 2. The Morgan fingerprint density at radius 3 is 2.58 bits per heavy atom. The van der Waals surface area contributed by atoms with Crippen molar-refractivity contribution < 1.29 is 9.59 Å². The van der Waals surface area contributed by atoms with E-state index in [9.17, 15) is 9.59 Å². The number of para-hydroxylation sites is 1. The Bertz CT molecular complexity index is 795. The summed E-state index contributed by atoms with van der Waals surface area (Å²) < 4.78 is 2.90. The Labute approximate surface area is 148 Å². The van der Waals surface area contributed by atoms with Gasteiger partial charge in [0.05, 0.1) is 16.5 Å². The van der Waals surface area contributed by atoms with Crippen molar-refractivity contribution in [2.24, 2.45) is 4.99 Å². The third-order valence-electron chi connectivity index (χ3n) is 3.51. The molecule has 7 heteroatoms. The predicted molar refractivity (Wildman–Crippen MR) is 95.6 cm³/mol. The van der Waals surface area contributed by atoms with Crippen LogP contribution in [0.1, 0.15) is 11.5 Å². The highest BCUT2D eigenvalue weighted by Crippen LogP contribution is 2.30. The lowest BCUT2D eigenvalue weighted by Gasteiger charge is -2.18. The van der Waals surface area contributed by atoms with Crippen molar-refractivity contribution in [3.63, 3.8) is 0 Å². The molecule has 0 fully saturated rings. The number of hydrogen-bond acceptors (Lipinski definition) is 5. The average molecular weight is 360 g/mol. The number of hydrogen-bond donors (Lipinski definition) is 2. The molecule has 5 nitrogen and oxygen atoms in total. The van der Waals surface area contributed by atoms with E-state index in [2.05, 4.69) is 15.0 Å². The Morgan fingerprint density at radius 1 is 1.12 bits per heavy atom. The molecule has 0 radical (unpaired) electrons. The topological polar surface area (TPSA) is 70.6 Å². The maximum absolute atomic E-state index is 12.3. The number of nitrogens with zero attached hydrogens (tertiary/aromatic N) is 1. The van der Waals surface area contributed by atoms with Gasteiger partial charge in [0, 0.05) is 6.54 Å². The zero-order chi connectivity index (χ0) is 16.9. The third kappa shape index (κ3) is 3.77. The first-order valence-electron chi connectivity index (χ1n) is 7.28. The Balaban J connectivity index is 1.69. The van der Waals surface area contributed by atoms with Crippen LogP contribution < -0.4 is 10.0 Å². The van der Waals surface area contributed by atoms with Gasteiger partial charge in [0.25, 0.3) is 5.91 Å². The van der Waals surface area contributed by atoms with E-state index in [0.29, 0.717) is 0 Å². The van der Waals surface area contributed by atoms with Gasteiger partial charge in [-0.2, -0.15) is 0 Å². The van der Waals surface area contributed by atoms with Gasteiger partial charge in [0.15, 0.2) is 0 Å². The van der Waals surface area contributed by atoms with E-state index >= 15 is 0 Å². The van der Waals surface area contributed by atoms with Crippen LogP contribution in [0.15, 0.2) is 64.5 Å². The number of amides is 1. The molecule has 1 amide bonds. The summed E-state index contributed by atoms with van der Waals surface area (Å²) >= 11 is 7.00. The van der Waals surface area contributed by atoms with E-state index < -0.39 is 11.2 Å². The smallest absolute Gasteiger partial charge is 0.287 e. The van der Waals surface area contributed by atoms with Gasteiger partial charge in [0.1, 0.15) is 0 Å². The van der Waals surface area contributed by atoms with Crippen molar-refractivity contribution in [3.05, 3.63) is 60.2 Å². The summed E-state index contributed by atoms with van der Waals surface area (Å²) in [6.45, 7) is 0.109. The van der Waals surface area contributed by atoms with Gasteiger partial charge >= 0.3 is 0 Å². The minimum atomic E-state index is -0.596. The van der Waals surface area contributed by atoms with Crippen LogP contribution >= 0.6 is 23.5 Å². The molecule has 0 saturated carbocycles. The van der Waals surface area contributed by atoms with Gasteiger partial charge in [0.2, 0.25) is 11.1 Å². The second kappa shape index (κ2) is 7.51. The lowest BCUT2D eigenvalue weighted by atomic mass is 10.0. The molecule has 1 unspecified atom stereocenters. The number of fused-ring (bicyclic) bond motifs is 1. The lowest BCUT2D eigenvalue weighted by Crippen LogP contribution is -2.40. The maximum atomic E-state index is 12.3. The van der Waals surface area contributed by atoms with Crippen LogP contribution in [0.2, 0.25) is 0 Å². The van der Waals surface area contributed by atoms with Crippen LogP contribution in [0, 0.1) is 0 Å². The molecule has 1 aliphatic heterocycles. The van der Waals surface area contributed by atoms with Gasteiger partial charge in [-0.3, -0.25) is 9.59 Å². The summed E-state index contributed by atoms with van der Waals surface area (Å²) in [5.74, 6) is -0.774. The van der Waals surface area contributed by atoms with E-state index in [1.165, 1.54) is 11.9 Å². The monoisotopic (exact) mass is 359 g/mol. The number of carbonyl (C=O) groups excluding carboxylic acids is 2.